The number of benzene rings is 1. The SMILES string of the molecule is CCNC(CCc1cccs1)c1ccc(C)c(F)c1. The molecule has 0 aliphatic carbocycles. The Labute approximate surface area is 118 Å². The summed E-state index contributed by atoms with van der Waals surface area (Å²) in [7, 11) is 0. The highest BCUT2D eigenvalue weighted by molar-refractivity contribution is 7.09. The maximum atomic E-state index is 13.7. The summed E-state index contributed by atoms with van der Waals surface area (Å²) in [4.78, 5) is 1.38. The predicted octanol–water partition coefficient (Wildman–Crippen LogP) is 4.48. The molecule has 1 N–H and O–H groups in total. The highest BCUT2D eigenvalue weighted by Crippen LogP contribution is 2.22. The summed E-state index contributed by atoms with van der Waals surface area (Å²) < 4.78 is 13.7. The van der Waals surface area contributed by atoms with Crippen LogP contribution in [0.5, 0.6) is 0 Å². The fourth-order valence-electron chi connectivity index (χ4n) is 2.20. The van der Waals surface area contributed by atoms with Crippen LogP contribution in [0.2, 0.25) is 0 Å². The van der Waals surface area contributed by atoms with E-state index in [4.69, 9.17) is 0 Å². The third-order valence-corrected chi connectivity index (χ3v) is 4.24. The molecule has 0 spiro atoms. The molecule has 102 valence electrons. The molecular weight excluding hydrogens is 257 g/mol. The van der Waals surface area contributed by atoms with E-state index in [1.807, 2.05) is 12.1 Å². The van der Waals surface area contributed by atoms with Gasteiger partial charge in [0.1, 0.15) is 5.82 Å². The largest absolute Gasteiger partial charge is 0.310 e. The van der Waals surface area contributed by atoms with Crippen LogP contribution in [0, 0.1) is 12.7 Å². The molecule has 2 rings (SSSR count). The van der Waals surface area contributed by atoms with Crippen molar-refractivity contribution < 1.29 is 4.39 Å². The lowest BCUT2D eigenvalue weighted by Gasteiger charge is -2.18. The van der Waals surface area contributed by atoms with E-state index in [1.165, 1.54) is 4.88 Å². The zero-order chi connectivity index (χ0) is 13.7. The van der Waals surface area contributed by atoms with Crippen molar-refractivity contribution in [3.05, 3.63) is 57.5 Å². The fraction of sp³-hybridized carbons (Fsp3) is 0.375. The second-order valence-electron chi connectivity index (χ2n) is 4.74. The maximum absolute atomic E-state index is 13.7. The van der Waals surface area contributed by atoms with Crippen molar-refractivity contribution in [2.75, 3.05) is 6.54 Å². The fourth-order valence-corrected chi connectivity index (χ4v) is 2.93. The number of nitrogens with one attached hydrogen (secondary N) is 1. The summed E-state index contributed by atoms with van der Waals surface area (Å²) in [5.74, 6) is -0.114. The maximum Gasteiger partial charge on any atom is 0.126 e. The lowest BCUT2D eigenvalue weighted by atomic mass is 10.00. The highest BCUT2D eigenvalue weighted by atomic mass is 32.1. The Morgan fingerprint density at radius 2 is 2.16 bits per heavy atom. The van der Waals surface area contributed by atoms with Crippen molar-refractivity contribution in [2.24, 2.45) is 0 Å². The molecule has 1 aromatic heterocycles. The standard InChI is InChI=1S/C16H20FNS/c1-3-18-16(9-8-14-5-4-10-19-14)13-7-6-12(2)15(17)11-13/h4-7,10-11,16,18H,3,8-9H2,1-2H3. The Bertz CT molecular complexity index is 507. The third kappa shape index (κ3) is 3.88. The van der Waals surface area contributed by atoms with Gasteiger partial charge in [0, 0.05) is 10.9 Å². The number of rotatable bonds is 6. The highest BCUT2D eigenvalue weighted by Gasteiger charge is 2.12. The third-order valence-electron chi connectivity index (χ3n) is 3.31. The average Bonchev–Trinajstić information content (AvgIpc) is 2.91. The Kier molecular flexibility index (Phi) is 5.11. The molecule has 0 amide bonds. The first-order chi connectivity index (χ1) is 9.20. The number of aryl methyl sites for hydroxylation is 2. The van der Waals surface area contributed by atoms with E-state index >= 15 is 0 Å². The first-order valence-electron chi connectivity index (χ1n) is 6.72. The summed E-state index contributed by atoms with van der Waals surface area (Å²) in [6, 6.07) is 10.0. The first-order valence-corrected chi connectivity index (χ1v) is 7.60. The predicted molar refractivity (Wildman–Crippen MR) is 80.2 cm³/mol. The second kappa shape index (κ2) is 6.83. The van der Waals surface area contributed by atoms with Crippen molar-refractivity contribution in [3.8, 4) is 0 Å². The molecule has 1 atom stereocenters. The summed E-state index contributed by atoms with van der Waals surface area (Å²) in [6.07, 6.45) is 2.03. The van der Waals surface area contributed by atoms with Crippen molar-refractivity contribution >= 4 is 11.3 Å². The van der Waals surface area contributed by atoms with Gasteiger partial charge in [0.2, 0.25) is 0 Å². The zero-order valence-corrected chi connectivity index (χ0v) is 12.3. The molecule has 1 nitrogen and oxygen atoms in total. The number of thiophene rings is 1. The van der Waals surface area contributed by atoms with Gasteiger partial charge >= 0.3 is 0 Å². The molecule has 3 heteroatoms. The van der Waals surface area contributed by atoms with Crippen LogP contribution in [0.1, 0.15) is 35.4 Å². The lowest BCUT2D eigenvalue weighted by molar-refractivity contribution is 0.512. The van der Waals surface area contributed by atoms with Crippen molar-refractivity contribution in [2.45, 2.75) is 32.7 Å². The van der Waals surface area contributed by atoms with E-state index in [0.29, 0.717) is 5.56 Å². The molecule has 2 aromatic rings. The topological polar surface area (TPSA) is 12.0 Å². The second-order valence-corrected chi connectivity index (χ2v) is 5.77. The molecule has 0 aliphatic rings. The zero-order valence-electron chi connectivity index (χ0n) is 11.4. The number of halogens is 1. The number of hydrogen-bond acceptors (Lipinski definition) is 2. The molecule has 0 aliphatic heterocycles. The molecule has 1 heterocycles. The van der Waals surface area contributed by atoms with Crippen LogP contribution in [0.4, 0.5) is 4.39 Å². The van der Waals surface area contributed by atoms with Crippen LogP contribution < -0.4 is 5.32 Å². The van der Waals surface area contributed by atoms with E-state index in [-0.39, 0.29) is 11.9 Å². The molecule has 1 unspecified atom stereocenters. The van der Waals surface area contributed by atoms with Gasteiger partial charge in [-0.15, -0.1) is 11.3 Å². The van der Waals surface area contributed by atoms with Gasteiger partial charge in [-0.25, -0.2) is 4.39 Å². The van der Waals surface area contributed by atoms with Gasteiger partial charge in [0.25, 0.3) is 0 Å². The Hall–Kier alpha value is -1.19. The molecule has 0 saturated carbocycles. The Balaban J connectivity index is 2.07. The quantitative estimate of drug-likeness (QED) is 0.821. The molecule has 0 fully saturated rings. The van der Waals surface area contributed by atoms with Gasteiger partial charge < -0.3 is 5.32 Å². The van der Waals surface area contributed by atoms with Gasteiger partial charge in [-0.2, -0.15) is 0 Å². The van der Waals surface area contributed by atoms with E-state index < -0.39 is 0 Å². The van der Waals surface area contributed by atoms with Crippen LogP contribution >= 0.6 is 11.3 Å². The summed E-state index contributed by atoms with van der Waals surface area (Å²) >= 11 is 1.78. The van der Waals surface area contributed by atoms with Crippen LogP contribution in [-0.2, 0) is 6.42 Å². The normalized spacial score (nSPS) is 12.6. The van der Waals surface area contributed by atoms with E-state index in [2.05, 4.69) is 29.8 Å². The molecule has 1 aromatic carbocycles. The van der Waals surface area contributed by atoms with Crippen molar-refractivity contribution in [3.63, 3.8) is 0 Å². The van der Waals surface area contributed by atoms with Crippen molar-refractivity contribution in [1.29, 1.82) is 0 Å². The molecular formula is C16H20FNS. The minimum Gasteiger partial charge on any atom is -0.310 e. The number of hydrogen-bond donors (Lipinski definition) is 1. The summed E-state index contributed by atoms with van der Waals surface area (Å²) in [5, 5.41) is 5.55. The van der Waals surface area contributed by atoms with Crippen LogP contribution in [0.15, 0.2) is 35.7 Å². The minimum atomic E-state index is -0.114. The Morgan fingerprint density at radius 1 is 1.32 bits per heavy atom. The monoisotopic (exact) mass is 277 g/mol. The lowest BCUT2D eigenvalue weighted by Crippen LogP contribution is -2.21. The smallest absolute Gasteiger partial charge is 0.126 e. The molecule has 0 radical (unpaired) electrons. The van der Waals surface area contributed by atoms with Crippen LogP contribution in [0.3, 0.4) is 0 Å². The molecule has 0 bridgehead atoms. The van der Waals surface area contributed by atoms with Gasteiger partial charge in [-0.05, 0) is 54.9 Å². The average molecular weight is 277 g/mol. The summed E-state index contributed by atoms with van der Waals surface area (Å²) in [5.41, 5.74) is 1.75. The first kappa shape index (κ1) is 14.2. The van der Waals surface area contributed by atoms with E-state index in [0.717, 1.165) is 24.9 Å². The van der Waals surface area contributed by atoms with Gasteiger partial charge in [0.05, 0.1) is 0 Å². The Morgan fingerprint density at radius 3 is 2.79 bits per heavy atom. The minimum absolute atomic E-state index is 0.114. The van der Waals surface area contributed by atoms with Crippen LogP contribution in [0.25, 0.3) is 0 Å². The molecule has 19 heavy (non-hydrogen) atoms. The van der Waals surface area contributed by atoms with Gasteiger partial charge in [-0.1, -0.05) is 25.1 Å². The van der Waals surface area contributed by atoms with Crippen molar-refractivity contribution in [1.82, 2.24) is 5.32 Å². The van der Waals surface area contributed by atoms with E-state index in [9.17, 15) is 4.39 Å². The summed E-state index contributed by atoms with van der Waals surface area (Å²) in [6.45, 7) is 4.78. The van der Waals surface area contributed by atoms with Gasteiger partial charge in [0.15, 0.2) is 0 Å². The van der Waals surface area contributed by atoms with E-state index in [1.54, 1.807) is 24.3 Å². The van der Waals surface area contributed by atoms with Gasteiger partial charge in [-0.3, -0.25) is 0 Å². The van der Waals surface area contributed by atoms with Crippen LogP contribution in [-0.4, -0.2) is 6.54 Å². The molecule has 0 saturated heterocycles.